The molecular weight excluding hydrogens is 249 g/mol. The second kappa shape index (κ2) is 5.79. The molecule has 0 amide bonds. The molecule has 0 bridgehead atoms. The average molecular weight is 260 g/mol. The number of halogens is 2. The molecule has 1 rings (SSSR count). The van der Waals surface area contributed by atoms with E-state index >= 15 is 0 Å². The van der Waals surface area contributed by atoms with Crippen LogP contribution in [0.25, 0.3) is 0 Å². The molecule has 18 heavy (non-hydrogen) atoms. The van der Waals surface area contributed by atoms with Crippen molar-refractivity contribution < 1.29 is 33.1 Å². The van der Waals surface area contributed by atoms with Crippen LogP contribution in [0.5, 0.6) is 5.75 Å². The topological polar surface area (TPSA) is 76.0 Å². The van der Waals surface area contributed by atoms with E-state index in [0.717, 1.165) is 12.1 Å². The molecule has 0 saturated carbocycles. The highest BCUT2D eigenvalue weighted by Gasteiger charge is 2.44. The Bertz CT molecular complexity index is 407. The van der Waals surface area contributed by atoms with Crippen molar-refractivity contribution >= 4 is 18.6 Å². The minimum Gasteiger partial charge on any atom is -0.459 e. The van der Waals surface area contributed by atoms with Crippen molar-refractivity contribution in [2.75, 3.05) is 6.61 Å². The Morgan fingerprint density at radius 2 is 1.89 bits per heavy atom. The van der Waals surface area contributed by atoms with Crippen LogP contribution in [-0.2, 0) is 9.53 Å². The molecule has 5 nitrogen and oxygen atoms in total. The van der Waals surface area contributed by atoms with Crippen molar-refractivity contribution in [3.05, 3.63) is 24.3 Å². The molecule has 0 aromatic heterocycles. The van der Waals surface area contributed by atoms with Gasteiger partial charge in [0.1, 0.15) is 5.75 Å². The van der Waals surface area contributed by atoms with Gasteiger partial charge < -0.3 is 19.5 Å². The maximum Gasteiger partial charge on any atom is 0.502 e. The molecule has 0 radical (unpaired) electrons. The Morgan fingerprint density at radius 1 is 1.33 bits per heavy atom. The highest BCUT2D eigenvalue weighted by atomic mass is 19.3. The first-order valence-electron chi connectivity index (χ1n) is 5.07. The predicted molar refractivity (Wildman–Crippen MR) is 58.5 cm³/mol. The van der Waals surface area contributed by atoms with Crippen molar-refractivity contribution in [1.29, 1.82) is 0 Å². The van der Waals surface area contributed by atoms with E-state index in [4.69, 9.17) is 10.0 Å². The lowest BCUT2D eigenvalue weighted by Gasteiger charge is -2.16. The summed E-state index contributed by atoms with van der Waals surface area (Å²) in [6.45, 7) is 1.21. The van der Waals surface area contributed by atoms with Crippen LogP contribution in [0, 0.1) is 0 Å². The minimum atomic E-state index is -4.09. The Balaban J connectivity index is 2.75. The summed E-state index contributed by atoms with van der Waals surface area (Å²) in [4.78, 5) is 10.9. The molecule has 0 spiro atoms. The molecule has 0 saturated heterocycles. The molecule has 0 aliphatic carbocycles. The average Bonchev–Trinajstić information content (AvgIpc) is 2.29. The molecular formula is C10H11BF2O5. The number of carbonyl (C=O) groups is 1. The maximum absolute atomic E-state index is 13.2. The molecule has 98 valence electrons. The standard InChI is InChI=1S/C10H11BF2O5/c1-2-17-9(14)10(12,13)18-8-5-3-7(4-6-8)11(15)16/h3-6,15-16H,2H2,1H3. The maximum atomic E-state index is 13.2. The molecule has 0 fully saturated rings. The van der Waals surface area contributed by atoms with Gasteiger partial charge in [0.15, 0.2) is 0 Å². The lowest BCUT2D eigenvalue weighted by molar-refractivity contribution is -0.216. The molecule has 0 aliphatic rings. The smallest absolute Gasteiger partial charge is 0.459 e. The molecule has 0 atom stereocenters. The van der Waals surface area contributed by atoms with Gasteiger partial charge >= 0.3 is 19.2 Å². The number of carbonyl (C=O) groups excluding carboxylic acids is 1. The first-order chi connectivity index (χ1) is 8.36. The second-order valence-electron chi connectivity index (χ2n) is 3.28. The van der Waals surface area contributed by atoms with E-state index in [1.54, 1.807) is 0 Å². The zero-order chi connectivity index (χ0) is 13.8. The number of hydrogen-bond donors (Lipinski definition) is 2. The number of benzene rings is 1. The lowest BCUT2D eigenvalue weighted by Crippen LogP contribution is -2.37. The van der Waals surface area contributed by atoms with Crippen LogP contribution in [0.3, 0.4) is 0 Å². The zero-order valence-electron chi connectivity index (χ0n) is 9.47. The fourth-order valence-corrected chi connectivity index (χ4v) is 1.11. The van der Waals surface area contributed by atoms with E-state index in [1.807, 2.05) is 0 Å². The Labute approximate surface area is 102 Å². The van der Waals surface area contributed by atoms with E-state index in [0.29, 0.717) is 0 Å². The van der Waals surface area contributed by atoms with Gasteiger partial charge in [0.05, 0.1) is 6.61 Å². The summed E-state index contributed by atoms with van der Waals surface area (Å²) >= 11 is 0. The van der Waals surface area contributed by atoms with Crippen LogP contribution < -0.4 is 10.2 Å². The van der Waals surface area contributed by atoms with Gasteiger partial charge in [-0.15, -0.1) is 0 Å². The van der Waals surface area contributed by atoms with Crippen molar-refractivity contribution in [1.82, 2.24) is 0 Å². The fourth-order valence-electron chi connectivity index (χ4n) is 1.11. The Hall–Kier alpha value is -1.67. The number of hydrogen-bond acceptors (Lipinski definition) is 5. The SMILES string of the molecule is CCOC(=O)C(F)(F)Oc1ccc(B(O)O)cc1. The number of rotatable bonds is 5. The van der Waals surface area contributed by atoms with E-state index in [-0.39, 0.29) is 17.8 Å². The van der Waals surface area contributed by atoms with Gasteiger partial charge in [0.25, 0.3) is 0 Å². The van der Waals surface area contributed by atoms with Crippen molar-refractivity contribution in [2.45, 2.75) is 13.0 Å². The molecule has 0 unspecified atom stereocenters. The molecule has 0 heterocycles. The second-order valence-corrected chi connectivity index (χ2v) is 3.28. The van der Waals surface area contributed by atoms with Crippen molar-refractivity contribution in [3.8, 4) is 5.75 Å². The van der Waals surface area contributed by atoms with Crippen LogP contribution in [-0.4, -0.2) is 35.9 Å². The molecule has 1 aromatic rings. The van der Waals surface area contributed by atoms with Gasteiger partial charge in [-0.05, 0) is 24.5 Å². The third-order valence-electron chi connectivity index (χ3n) is 1.94. The van der Waals surface area contributed by atoms with Crippen molar-refractivity contribution in [2.24, 2.45) is 0 Å². The van der Waals surface area contributed by atoms with Gasteiger partial charge in [-0.25, -0.2) is 4.79 Å². The molecule has 0 aliphatic heterocycles. The zero-order valence-corrected chi connectivity index (χ0v) is 9.47. The van der Waals surface area contributed by atoms with Gasteiger partial charge in [-0.2, -0.15) is 8.78 Å². The summed E-state index contributed by atoms with van der Waals surface area (Å²) in [5, 5.41) is 17.6. The number of ether oxygens (including phenoxy) is 2. The monoisotopic (exact) mass is 260 g/mol. The third-order valence-corrected chi connectivity index (χ3v) is 1.94. The summed E-state index contributed by atoms with van der Waals surface area (Å²) in [7, 11) is -1.70. The van der Waals surface area contributed by atoms with Crippen LogP contribution >= 0.6 is 0 Å². The van der Waals surface area contributed by atoms with Crippen molar-refractivity contribution in [3.63, 3.8) is 0 Å². The summed E-state index contributed by atoms with van der Waals surface area (Å²) in [5.41, 5.74) is 0.113. The summed E-state index contributed by atoms with van der Waals surface area (Å²) in [6.07, 6.45) is -4.09. The summed E-state index contributed by atoms with van der Waals surface area (Å²) in [5.74, 6) is -2.08. The van der Waals surface area contributed by atoms with Crippen LogP contribution in [0.4, 0.5) is 8.78 Å². The van der Waals surface area contributed by atoms with Crippen LogP contribution in [0.1, 0.15) is 6.92 Å². The minimum absolute atomic E-state index is 0.113. The van der Waals surface area contributed by atoms with Gasteiger partial charge in [0.2, 0.25) is 0 Å². The highest BCUT2D eigenvalue weighted by Crippen LogP contribution is 2.22. The molecule has 1 aromatic carbocycles. The van der Waals surface area contributed by atoms with Crippen LogP contribution in [0.2, 0.25) is 0 Å². The quantitative estimate of drug-likeness (QED) is 0.571. The molecule has 8 heteroatoms. The van der Waals surface area contributed by atoms with Gasteiger partial charge in [-0.3, -0.25) is 0 Å². The van der Waals surface area contributed by atoms with E-state index in [1.165, 1.54) is 19.1 Å². The number of alkyl halides is 2. The first-order valence-corrected chi connectivity index (χ1v) is 5.07. The predicted octanol–water partition coefficient (Wildman–Crippen LogP) is -0.0989. The normalized spacial score (nSPS) is 10.9. The Morgan fingerprint density at radius 3 is 2.33 bits per heavy atom. The highest BCUT2D eigenvalue weighted by molar-refractivity contribution is 6.58. The third kappa shape index (κ3) is 3.68. The lowest BCUT2D eigenvalue weighted by atomic mass is 9.80. The summed E-state index contributed by atoms with van der Waals surface area (Å²) < 4.78 is 34.6. The van der Waals surface area contributed by atoms with E-state index < -0.39 is 19.2 Å². The first kappa shape index (κ1) is 14.4. The van der Waals surface area contributed by atoms with E-state index in [2.05, 4.69) is 9.47 Å². The largest absolute Gasteiger partial charge is 0.502 e. The summed E-state index contributed by atoms with van der Waals surface area (Å²) in [6, 6.07) is 4.53. The fraction of sp³-hybridized carbons (Fsp3) is 0.300. The number of esters is 1. The van der Waals surface area contributed by atoms with Gasteiger partial charge in [0, 0.05) is 0 Å². The Kier molecular flexibility index (Phi) is 4.63. The van der Waals surface area contributed by atoms with Gasteiger partial charge in [-0.1, -0.05) is 12.1 Å². The van der Waals surface area contributed by atoms with E-state index in [9.17, 15) is 13.6 Å². The molecule has 2 N–H and O–H groups in total. The van der Waals surface area contributed by atoms with Crippen LogP contribution in [0.15, 0.2) is 24.3 Å².